The first kappa shape index (κ1) is 31.0. The molecule has 0 aliphatic rings. The number of hydrogen-bond acceptors (Lipinski definition) is 4. The van der Waals surface area contributed by atoms with Gasteiger partial charge in [-0.25, -0.2) is 4.79 Å². The van der Waals surface area contributed by atoms with E-state index in [0.717, 1.165) is 19.3 Å². The van der Waals surface area contributed by atoms with E-state index in [9.17, 15) is 14.4 Å². The van der Waals surface area contributed by atoms with Gasteiger partial charge in [-0.3, -0.25) is 9.59 Å². The molecule has 7 nitrogen and oxygen atoms in total. The minimum absolute atomic E-state index is 0.177. The topological polar surface area (TPSA) is 87.7 Å². The molecular formula is C29H45N3O4. The van der Waals surface area contributed by atoms with Crippen molar-refractivity contribution in [2.45, 2.75) is 105 Å². The summed E-state index contributed by atoms with van der Waals surface area (Å²) in [5, 5.41) is 5.78. The summed E-state index contributed by atoms with van der Waals surface area (Å²) in [5.74, 6) is 1.81. The summed E-state index contributed by atoms with van der Waals surface area (Å²) in [6.07, 6.45) is 8.41. The van der Waals surface area contributed by atoms with Crippen molar-refractivity contribution in [3.63, 3.8) is 0 Å². The molecule has 200 valence electrons. The monoisotopic (exact) mass is 499 g/mol. The molecule has 3 atom stereocenters. The SMILES string of the molecule is C#Cc1ccc(C(C(=O)NCCCCC)N(C(=O)C(NC(=O)OC(C)(C)C)C(C)CC)C(C)C)cc1. The van der Waals surface area contributed by atoms with Crippen molar-refractivity contribution in [3.8, 4) is 12.3 Å². The van der Waals surface area contributed by atoms with Crippen LogP contribution >= 0.6 is 0 Å². The fourth-order valence-electron chi connectivity index (χ4n) is 3.84. The van der Waals surface area contributed by atoms with E-state index in [1.165, 1.54) is 0 Å². The van der Waals surface area contributed by atoms with E-state index in [1.54, 1.807) is 49.9 Å². The lowest BCUT2D eigenvalue weighted by atomic mass is 9.94. The zero-order valence-corrected chi connectivity index (χ0v) is 23.3. The van der Waals surface area contributed by atoms with E-state index in [1.807, 2.05) is 27.7 Å². The first-order valence-corrected chi connectivity index (χ1v) is 13.0. The Bertz CT molecular complexity index is 897. The summed E-state index contributed by atoms with van der Waals surface area (Å²) in [6.45, 7) is 15.5. The average Bonchev–Trinajstić information content (AvgIpc) is 2.81. The second-order valence-electron chi connectivity index (χ2n) is 10.5. The fraction of sp³-hybridized carbons (Fsp3) is 0.621. The molecule has 1 aromatic rings. The minimum atomic E-state index is -0.877. The number of carbonyl (C=O) groups is 3. The largest absolute Gasteiger partial charge is 0.444 e. The van der Waals surface area contributed by atoms with Gasteiger partial charge >= 0.3 is 6.09 Å². The van der Waals surface area contributed by atoms with Gasteiger partial charge in [0, 0.05) is 18.2 Å². The quantitative estimate of drug-likeness (QED) is 0.306. The maximum Gasteiger partial charge on any atom is 0.408 e. The summed E-state index contributed by atoms with van der Waals surface area (Å²) in [5.41, 5.74) is 0.640. The van der Waals surface area contributed by atoms with Crippen LogP contribution in [0, 0.1) is 18.3 Å². The molecular weight excluding hydrogens is 454 g/mol. The molecule has 0 aliphatic carbocycles. The van der Waals surface area contributed by atoms with E-state index in [0.29, 0.717) is 24.1 Å². The van der Waals surface area contributed by atoms with Gasteiger partial charge in [-0.1, -0.05) is 58.1 Å². The summed E-state index contributed by atoms with van der Waals surface area (Å²) < 4.78 is 5.43. The van der Waals surface area contributed by atoms with Crippen LogP contribution in [0.25, 0.3) is 0 Å². The molecule has 0 aliphatic heterocycles. The summed E-state index contributed by atoms with van der Waals surface area (Å²) >= 11 is 0. The maximum atomic E-state index is 14.0. The molecule has 1 rings (SSSR count). The lowest BCUT2D eigenvalue weighted by molar-refractivity contribution is -0.145. The van der Waals surface area contributed by atoms with Crippen LogP contribution in [0.4, 0.5) is 4.79 Å². The van der Waals surface area contributed by atoms with E-state index in [2.05, 4.69) is 23.5 Å². The molecule has 3 unspecified atom stereocenters. The standard InChI is InChI=1S/C29H45N3O4/c1-10-13-14-19-30-26(33)25(23-17-15-22(12-3)16-18-23)32(20(4)5)27(34)24(21(6)11-2)31-28(35)36-29(7,8)9/h3,15-18,20-21,24-25H,10-11,13-14,19H2,1-2,4-9H3,(H,30,33)(H,31,35). The van der Waals surface area contributed by atoms with Crippen molar-refractivity contribution < 1.29 is 19.1 Å². The molecule has 2 N–H and O–H groups in total. The number of rotatable bonds is 12. The predicted octanol–water partition coefficient (Wildman–Crippen LogP) is 5.19. The highest BCUT2D eigenvalue weighted by atomic mass is 16.6. The average molecular weight is 500 g/mol. The van der Waals surface area contributed by atoms with Gasteiger partial charge in [0.1, 0.15) is 17.7 Å². The number of nitrogens with zero attached hydrogens (tertiary/aromatic N) is 1. The van der Waals surface area contributed by atoms with Gasteiger partial charge in [0.25, 0.3) is 0 Å². The number of hydrogen-bond donors (Lipinski definition) is 2. The van der Waals surface area contributed by atoms with Gasteiger partial charge in [-0.15, -0.1) is 6.42 Å². The second-order valence-corrected chi connectivity index (χ2v) is 10.5. The Morgan fingerprint density at radius 2 is 1.67 bits per heavy atom. The zero-order valence-electron chi connectivity index (χ0n) is 23.3. The van der Waals surface area contributed by atoms with Crippen LogP contribution in [-0.4, -0.2) is 47.0 Å². The van der Waals surface area contributed by atoms with Crippen molar-refractivity contribution in [1.29, 1.82) is 0 Å². The molecule has 0 spiro atoms. The molecule has 36 heavy (non-hydrogen) atoms. The second kappa shape index (κ2) is 14.5. The highest BCUT2D eigenvalue weighted by Gasteiger charge is 2.39. The molecule has 0 radical (unpaired) electrons. The Kier molecular flexibility index (Phi) is 12.5. The van der Waals surface area contributed by atoms with E-state index in [-0.39, 0.29) is 23.8 Å². The van der Waals surface area contributed by atoms with Crippen LogP contribution in [0.1, 0.15) is 98.2 Å². The van der Waals surface area contributed by atoms with Gasteiger partial charge in [0.15, 0.2) is 0 Å². The molecule has 0 saturated heterocycles. The van der Waals surface area contributed by atoms with Gasteiger partial charge < -0.3 is 20.3 Å². The number of carbonyl (C=O) groups excluding carboxylic acids is 3. The fourth-order valence-corrected chi connectivity index (χ4v) is 3.84. The third-order valence-electron chi connectivity index (χ3n) is 5.96. The van der Waals surface area contributed by atoms with Crippen LogP contribution in [0.3, 0.4) is 0 Å². The smallest absolute Gasteiger partial charge is 0.408 e. The Labute approximate surface area is 217 Å². The molecule has 0 bridgehead atoms. The number of benzene rings is 1. The van der Waals surface area contributed by atoms with Crippen LogP contribution in [0.5, 0.6) is 0 Å². The van der Waals surface area contributed by atoms with Crippen molar-refractivity contribution in [2.24, 2.45) is 5.92 Å². The summed E-state index contributed by atoms with van der Waals surface area (Å²) in [4.78, 5) is 41.8. The highest BCUT2D eigenvalue weighted by Crippen LogP contribution is 2.27. The first-order valence-electron chi connectivity index (χ1n) is 13.0. The number of nitrogens with one attached hydrogen (secondary N) is 2. The number of ether oxygens (including phenoxy) is 1. The van der Waals surface area contributed by atoms with Crippen molar-refractivity contribution in [3.05, 3.63) is 35.4 Å². The highest BCUT2D eigenvalue weighted by molar-refractivity contribution is 5.92. The Hall–Kier alpha value is -3.01. The van der Waals surface area contributed by atoms with Crippen molar-refractivity contribution >= 4 is 17.9 Å². The van der Waals surface area contributed by atoms with E-state index < -0.39 is 23.8 Å². The van der Waals surface area contributed by atoms with Crippen molar-refractivity contribution in [1.82, 2.24) is 15.5 Å². The third kappa shape index (κ3) is 9.56. The van der Waals surface area contributed by atoms with Crippen LogP contribution in [0.2, 0.25) is 0 Å². The summed E-state index contributed by atoms with van der Waals surface area (Å²) in [6, 6.07) is 5.05. The zero-order chi connectivity index (χ0) is 27.5. The van der Waals surface area contributed by atoms with Crippen molar-refractivity contribution in [2.75, 3.05) is 6.54 Å². The van der Waals surface area contributed by atoms with Gasteiger partial charge in [0.05, 0.1) is 0 Å². The molecule has 3 amide bonds. The first-order chi connectivity index (χ1) is 16.9. The Balaban J connectivity index is 3.43. The van der Waals surface area contributed by atoms with Crippen LogP contribution < -0.4 is 10.6 Å². The third-order valence-corrected chi connectivity index (χ3v) is 5.96. The lowest BCUT2D eigenvalue weighted by Gasteiger charge is -2.38. The molecule has 0 saturated carbocycles. The number of terminal acetylenes is 1. The number of alkyl carbamates (subject to hydrolysis) is 1. The maximum absolute atomic E-state index is 14.0. The normalized spacial score (nSPS) is 13.8. The predicted molar refractivity (Wildman–Crippen MR) is 144 cm³/mol. The molecule has 0 fully saturated rings. The molecule has 1 aromatic carbocycles. The van der Waals surface area contributed by atoms with E-state index in [4.69, 9.17) is 11.2 Å². The summed E-state index contributed by atoms with van der Waals surface area (Å²) in [7, 11) is 0. The molecule has 0 heterocycles. The Morgan fingerprint density at radius 1 is 1.06 bits per heavy atom. The number of unbranched alkanes of at least 4 members (excludes halogenated alkanes) is 2. The van der Waals surface area contributed by atoms with Crippen LogP contribution in [0.15, 0.2) is 24.3 Å². The Morgan fingerprint density at radius 3 is 2.14 bits per heavy atom. The van der Waals surface area contributed by atoms with Gasteiger partial charge in [0.2, 0.25) is 11.8 Å². The van der Waals surface area contributed by atoms with E-state index >= 15 is 0 Å². The van der Waals surface area contributed by atoms with Crippen LogP contribution in [-0.2, 0) is 14.3 Å². The van der Waals surface area contributed by atoms with Gasteiger partial charge in [-0.05, 0) is 64.7 Å². The lowest BCUT2D eigenvalue weighted by Crippen LogP contribution is -2.57. The minimum Gasteiger partial charge on any atom is -0.444 e. The molecule has 0 aromatic heterocycles. The number of amides is 3. The molecule has 7 heteroatoms. The van der Waals surface area contributed by atoms with Gasteiger partial charge in [-0.2, -0.15) is 0 Å².